The van der Waals surface area contributed by atoms with E-state index in [9.17, 15) is 5.11 Å². The minimum atomic E-state index is -0.404. The Morgan fingerprint density at radius 3 is 2.70 bits per heavy atom. The predicted molar refractivity (Wildman–Crippen MR) is 90.8 cm³/mol. The molecule has 0 heterocycles. The Bertz CT molecular complexity index is 588. The standard InChI is InChI=1S/C16H16BrClOS/c1-11-4-2-3-5-16(11)20-10-14(19)8-12-6-7-13(17)9-15(12)18/h2-7,9,14,19H,8,10H2,1H3. The van der Waals surface area contributed by atoms with Crippen molar-refractivity contribution in [2.24, 2.45) is 0 Å². The fourth-order valence-electron chi connectivity index (χ4n) is 1.90. The smallest absolute Gasteiger partial charge is 0.0674 e. The van der Waals surface area contributed by atoms with Gasteiger partial charge in [-0.25, -0.2) is 0 Å². The second-order valence-electron chi connectivity index (χ2n) is 4.67. The van der Waals surface area contributed by atoms with Gasteiger partial charge in [-0.1, -0.05) is 51.8 Å². The van der Waals surface area contributed by atoms with Gasteiger partial charge in [-0.05, 0) is 36.2 Å². The fourth-order valence-corrected chi connectivity index (χ4v) is 3.62. The van der Waals surface area contributed by atoms with Crippen molar-refractivity contribution in [2.45, 2.75) is 24.3 Å². The van der Waals surface area contributed by atoms with E-state index >= 15 is 0 Å². The van der Waals surface area contributed by atoms with Crippen LogP contribution in [0.15, 0.2) is 51.8 Å². The zero-order valence-electron chi connectivity index (χ0n) is 11.1. The van der Waals surface area contributed by atoms with Gasteiger partial charge in [0.15, 0.2) is 0 Å². The monoisotopic (exact) mass is 370 g/mol. The zero-order chi connectivity index (χ0) is 14.5. The van der Waals surface area contributed by atoms with E-state index in [1.165, 1.54) is 10.5 Å². The van der Waals surface area contributed by atoms with E-state index in [0.717, 1.165) is 10.0 Å². The minimum absolute atomic E-state index is 0.404. The number of aliphatic hydroxyl groups is 1. The molecule has 106 valence electrons. The Balaban J connectivity index is 1.92. The normalized spacial score (nSPS) is 12.4. The van der Waals surface area contributed by atoms with Crippen molar-refractivity contribution < 1.29 is 5.11 Å². The van der Waals surface area contributed by atoms with Crippen LogP contribution in [0.1, 0.15) is 11.1 Å². The first-order chi connectivity index (χ1) is 9.56. The van der Waals surface area contributed by atoms with Crippen molar-refractivity contribution in [1.29, 1.82) is 0 Å². The van der Waals surface area contributed by atoms with Crippen molar-refractivity contribution in [3.8, 4) is 0 Å². The van der Waals surface area contributed by atoms with Gasteiger partial charge < -0.3 is 5.11 Å². The lowest BCUT2D eigenvalue weighted by molar-refractivity contribution is 0.200. The van der Waals surface area contributed by atoms with Crippen LogP contribution in [0.5, 0.6) is 0 Å². The third-order valence-electron chi connectivity index (χ3n) is 3.00. The van der Waals surface area contributed by atoms with E-state index in [0.29, 0.717) is 17.2 Å². The van der Waals surface area contributed by atoms with Crippen molar-refractivity contribution in [2.75, 3.05) is 5.75 Å². The van der Waals surface area contributed by atoms with Crippen molar-refractivity contribution in [3.63, 3.8) is 0 Å². The van der Waals surface area contributed by atoms with Gasteiger partial charge in [0.1, 0.15) is 0 Å². The average Bonchev–Trinajstić information content (AvgIpc) is 2.41. The molecule has 0 radical (unpaired) electrons. The predicted octanol–water partition coefficient (Wildman–Crippen LogP) is 5.11. The van der Waals surface area contributed by atoms with Gasteiger partial charge in [-0.3, -0.25) is 0 Å². The molecule has 0 amide bonds. The second kappa shape index (κ2) is 7.51. The third-order valence-corrected chi connectivity index (χ3v) is 5.16. The molecule has 20 heavy (non-hydrogen) atoms. The van der Waals surface area contributed by atoms with E-state index < -0.39 is 6.10 Å². The molecule has 2 rings (SSSR count). The first-order valence-corrected chi connectivity index (χ1v) is 8.52. The van der Waals surface area contributed by atoms with Crippen molar-refractivity contribution >= 4 is 39.3 Å². The maximum atomic E-state index is 10.2. The number of halogens is 2. The molecule has 0 saturated heterocycles. The van der Waals surface area contributed by atoms with Crippen LogP contribution in [0.25, 0.3) is 0 Å². The van der Waals surface area contributed by atoms with Gasteiger partial charge in [0, 0.05) is 26.6 Å². The van der Waals surface area contributed by atoms with Crippen LogP contribution >= 0.6 is 39.3 Å². The summed E-state index contributed by atoms with van der Waals surface area (Å²) in [5.74, 6) is 0.664. The van der Waals surface area contributed by atoms with Gasteiger partial charge >= 0.3 is 0 Å². The number of thioether (sulfide) groups is 1. The first-order valence-electron chi connectivity index (χ1n) is 6.36. The summed E-state index contributed by atoms with van der Waals surface area (Å²) in [5.41, 5.74) is 2.22. The van der Waals surface area contributed by atoms with Gasteiger partial charge in [0.2, 0.25) is 0 Å². The highest BCUT2D eigenvalue weighted by Crippen LogP contribution is 2.26. The summed E-state index contributed by atoms with van der Waals surface area (Å²) in [5, 5.41) is 10.9. The lowest BCUT2D eigenvalue weighted by atomic mass is 10.1. The third kappa shape index (κ3) is 4.52. The van der Waals surface area contributed by atoms with Gasteiger partial charge in [-0.2, -0.15) is 0 Å². The molecule has 0 bridgehead atoms. The highest BCUT2D eigenvalue weighted by atomic mass is 79.9. The highest BCUT2D eigenvalue weighted by Gasteiger charge is 2.10. The summed E-state index contributed by atoms with van der Waals surface area (Å²) in [6.07, 6.45) is 0.170. The molecule has 4 heteroatoms. The number of hydrogen-bond acceptors (Lipinski definition) is 2. The number of aliphatic hydroxyl groups excluding tert-OH is 1. The molecule has 0 spiro atoms. The summed E-state index contributed by atoms with van der Waals surface area (Å²) in [6, 6.07) is 14.0. The summed E-state index contributed by atoms with van der Waals surface area (Å²) >= 11 is 11.2. The van der Waals surface area contributed by atoms with E-state index in [4.69, 9.17) is 11.6 Å². The van der Waals surface area contributed by atoms with E-state index in [-0.39, 0.29) is 0 Å². The molecule has 0 aliphatic heterocycles. The van der Waals surface area contributed by atoms with Gasteiger partial charge in [-0.15, -0.1) is 11.8 Å². The quantitative estimate of drug-likeness (QED) is 0.737. The van der Waals surface area contributed by atoms with Crippen LogP contribution in [0, 0.1) is 6.92 Å². The lowest BCUT2D eigenvalue weighted by Crippen LogP contribution is -2.13. The fraction of sp³-hybridized carbons (Fsp3) is 0.250. The summed E-state index contributed by atoms with van der Waals surface area (Å²) in [6.45, 7) is 2.08. The van der Waals surface area contributed by atoms with Crippen LogP contribution in [-0.4, -0.2) is 17.0 Å². The maximum Gasteiger partial charge on any atom is 0.0674 e. The Kier molecular flexibility index (Phi) is 5.97. The van der Waals surface area contributed by atoms with E-state index in [1.807, 2.05) is 30.3 Å². The average molecular weight is 372 g/mol. The Labute approximate surface area is 137 Å². The number of hydrogen-bond donors (Lipinski definition) is 1. The molecule has 0 saturated carbocycles. The molecule has 1 nitrogen and oxygen atoms in total. The Morgan fingerprint density at radius 1 is 1.25 bits per heavy atom. The summed E-state index contributed by atoms with van der Waals surface area (Å²) < 4.78 is 0.954. The Hall–Kier alpha value is -0.480. The molecule has 1 unspecified atom stereocenters. The molecule has 2 aromatic rings. The molecule has 2 aromatic carbocycles. The zero-order valence-corrected chi connectivity index (χ0v) is 14.3. The molecule has 1 atom stereocenters. The first kappa shape index (κ1) is 15.9. The van der Waals surface area contributed by atoms with Crippen molar-refractivity contribution in [3.05, 3.63) is 63.1 Å². The van der Waals surface area contributed by atoms with Crippen LogP contribution in [-0.2, 0) is 6.42 Å². The van der Waals surface area contributed by atoms with Gasteiger partial charge in [0.05, 0.1) is 6.10 Å². The second-order valence-corrected chi connectivity index (χ2v) is 7.05. The summed E-state index contributed by atoms with van der Waals surface area (Å²) in [4.78, 5) is 1.22. The maximum absolute atomic E-state index is 10.2. The minimum Gasteiger partial charge on any atom is -0.392 e. The molecule has 0 aromatic heterocycles. The van der Waals surface area contributed by atoms with Crippen LogP contribution in [0.2, 0.25) is 5.02 Å². The number of benzene rings is 2. The molecule has 0 aliphatic carbocycles. The van der Waals surface area contributed by atoms with Crippen molar-refractivity contribution in [1.82, 2.24) is 0 Å². The van der Waals surface area contributed by atoms with E-state index in [2.05, 4.69) is 35.0 Å². The van der Waals surface area contributed by atoms with Crippen LogP contribution < -0.4 is 0 Å². The number of aryl methyl sites for hydroxylation is 1. The molecule has 0 fully saturated rings. The topological polar surface area (TPSA) is 20.2 Å². The SMILES string of the molecule is Cc1ccccc1SCC(O)Cc1ccc(Br)cc1Cl. The van der Waals surface area contributed by atoms with Gasteiger partial charge in [0.25, 0.3) is 0 Å². The Morgan fingerprint density at radius 2 is 2.00 bits per heavy atom. The molecular weight excluding hydrogens is 356 g/mol. The molecular formula is C16H16BrClOS. The molecule has 0 aliphatic rings. The largest absolute Gasteiger partial charge is 0.392 e. The lowest BCUT2D eigenvalue weighted by Gasteiger charge is -2.12. The number of rotatable bonds is 5. The van der Waals surface area contributed by atoms with E-state index in [1.54, 1.807) is 11.8 Å². The summed E-state index contributed by atoms with van der Waals surface area (Å²) in [7, 11) is 0. The highest BCUT2D eigenvalue weighted by molar-refractivity contribution is 9.10. The van der Waals surface area contributed by atoms with Crippen LogP contribution in [0.3, 0.4) is 0 Å². The molecule has 1 N–H and O–H groups in total. The van der Waals surface area contributed by atoms with Crippen LogP contribution in [0.4, 0.5) is 0 Å².